The lowest BCUT2D eigenvalue weighted by molar-refractivity contribution is -0.139. The third kappa shape index (κ3) is 4.50. The van der Waals surface area contributed by atoms with Crippen LogP contribution < -0.4 is 4.90 Å². The van der Waals surface area contributed by atoms with E-state index >= 15 is 0 Å². The van der Waals surface area contributed by atoms with Crippen LogP contribution in [0.25, 0.3) is 0 Å². The van der Waals surface area contributed by atoms with Gasteiger partial charge in [-0.15, -0.1) is 0 Å². The molecule has 1 aromatic rings. The van der Waals surface area contributed by atoms with E-state index in [2.05, 4.69) is 15.9 Å². The average molecular weight is 342 g/mol. The molecule has 0 bridgehead atoms. The van der Waals surface area contributed by atoms with Gasteiger partial charge in [0.1, 0.15) is 6.07 Å². The van der Waals surface area contributed by atoms with E-state index in [1.807, 2.05) is 36.1 Å². The Morgan fingerprint density at radius 2 is 2.08 bits per heavy atom. The van der Waals surface area contributed by atoms with Gasteiger partial charge in [-0.1, -0.05) is 12.1 Å². The van der Waals surface area contributed by atoms with Crippen LogP contribution in [0.4, 0.5) is 5.69 Å². The molecule has 134 valence electrons. The standard InChI is InChI=1S/C19H26N4O2/c1-16-14-23(11-12-25-16)19(24)15-21-7-4-8-22(10-9-21)18-6-3-2-5-17(18)13-20/h2-3,5-6,16H,4,7-12,14-15H2,1H3. The number of nitrogens with zero attached hydrogens (tertiary/aromatic N) is 4. The SMILES string of the molecule is CC1CN(C(=O)CN2CCCN(c3ccccc3C#N)CC2)CCO1. The third-order valence-electron chi connectivity index (χ3n) is 4.91. The highest BCUT2D eigenvalue weighted by Crippen LogP contribution is 2.21. The number of carbonyl (C=O) groups excluding carboxylic acids is 1. The number of nitriles is 1. The lowest BCUT2D eigenvalue weighted by Crippen LogP contribution is -2.48. The van der Waals surface area contributed by atoms with Gasteiger partial charge in [-0.3, -0.25) is 9.69 Å². The molecule has 1 amide bonds. The molecular weight excluding hydrogens is 316 g/mol. The molecule has 0 aromatic heterocycles. The van der Waals surface area contributed by atoms with Crippen molar-refractivity contribution in [2.24, 2.45) is 0 Å². The van der Waals surface area contributed by atoms with Gasteiger partial charge >= 0.3 is 0 Å². The minimum atomic E-state index is 0.125. The molecule has 1 unspecified atom stereocenters. The van der Waals surface area contributed by atoms with Crippen molar-refractivity contribution in [2.75, 3.05) is 57.3 Å². The maximum Gasteiger partial charge on any atom is 0.236 e. The van der Waals surface area contributed by atoms with Crippen LogP contribution in [0.1, 0.15) is 18.9 Å². The van der Waals surface area contributed by atoms with Gasteiger partial charge in [0, 0.05) is 39.3 Å². The van der Waals surface area contributed by atoms with E-state index in [1.54, 1.807) is 0 Å². The number of ether oxygens (including phenoxy) is 1. The summed E-state index contributed by atoms with van der Waals surface area (Å²) in [4.78, 5) is 19.0. The Kier molecular flexibility index (Phi) is 5.90. The van der Waals surface area contributed by atoms with Crippen molar-refractivity contribution in [1.29, 1.82) is 5.26 Å². The number of anilines is 1. The monoisotopic (exact) mass is 342 g/mol. The van der Waals surface area contributed by atoms with E-state index in [9.17, 15) is 10.1 Å². The van der Waals surface area contributed by atoms with Crippen LogP contribution in [0, 0.1) is 11.3 Å². The fourth-order valence-electron chi connectivity index (χ4n) is 3.55. The van der Waals surface area contributed by atoms with Crippen LogP contribution >= 0.6 is 0 Å². The van der Waals surface area contributed by atoms with Crippen molar-refractivity contribution in [3.63, 3.8) is 0 Å². The number of hydrogen-bond acceptors (Lipinski definition) is 5. The van der Waals surface area contributed by atoms with Crippen LogP contribution in [0.5, 0.6) is 0 Å². The van der Waals surface area contributed by atoms with Gasteiger partial charge < -0.3 is 14.5 Å². The molecule has 1 atom stereocenters. The fourth-order valence-corrected chi connectivity index (χ4v) is 3.55. The van der Waals surface area contributed by atoms with E-state index in [0.717, 1.165) is 38.3 Å². The van der Waals surface area contributed by atoms with Gasteiger partial charge in [0.15, 0.2) is 0 Å². The smallest absolute Gasteiger partial charge is 0.236 e. The zero-order valence-corrected chi connectivity index (χ0v) is 14.9. The molecule has 0 radical (unpaired) electrons. The Hall–Kier alpha value is -2.10. The molecule has 6 heteroatoms. The van der Waals surface area contributed by atoms with Gasteiger partial charge in [-0.05, 0) is 25.5 Å². The highest BCUT2D eigenvalue weighted by molar-refractivity contribution is 5.78. The Bertz CT molecular complexity index is 643. The molecule has 6 nitrogen and oxygen atoms in total. The fraction of sp³-hybridized carbons (Fsp3) is 0.579. The second-order valence-corrected chi connectivity index (χ2v) is 6.77. The van der Waals surface area contributed by atoms with Crippen LogP contribution in [0.2, 0.25) is 0 Å². The zero-order valence-electron chi connectivity index (χ0n) is 14.9. The van der Waals surface area contributed by atoms with Gasteiger partial charge in [0.2, 0.25) is 5.91 Å². The van der Waals surface area contributed by atoms with Gasteiger partial charge in [-0.25, -0.2) is 0 Å². The second-order valence-electron chi connectivity index (χ2n) is 6.77. The molecule has 0 saturated carbocycles. The highest BCUT2D eigenvalue weighted by Gasteiger charge is 2.24. The molecule has 2 heterocycles. The topological polar surface area (TPSA) is 59.8 Å². The summed E-state index contributed by atoms with van der Waals surface area (Å²) in [7, 11) is 0. The molecule has 3 rings (SSSR count). The molecule has 1 aromatic carbocycles. The van der Waals surface area contributed by atoms with Crippen LogP contribution in [-0.4, -0.2) is 74.2 Å². The summed E-state index contributed by atoms with van der Waals surface area (Å²) in [5.41, 5.74) is 1.72. The van der Waals surface area contributed by atoms with Crippen LogP contribution in [-0.2, 0) is 9.53 Å². The normalized spacial score (nSPS) is 22.3. The number of benzene rings is 1. The maximum atomic E-state index is 12.5. The first-order valence-corrected chi connectivity index (χ1v) is 9.03. The minimum Gasteiger partial charge on any atom is -0.375 e. The number of amides is 1. The first kappa shape index (κ1) is 17.7. The number of rotatable bonds is 3. The van der Waals surface area contributed by atoms with E-state index < -0.39 is 0 Å². The Balaban J connectivity index is 1.56. The average Bonchev–Trinajstić information content (AvgIpc) is 2.87. The van der Waals surface area contributed by atoms with Crippen molar-refractivity contribution >= 4 is 11.6 Å². The summed E-state index contributed by atoms with van der Waals surface area (Å²) >= 11 is 0. The van der Waals surface area contributed by atoms with Crippen LogP contribution in [0.15, 0.2) is 24.3 Å². The van der Waals surface area contributed by atoms with Gasteiger partial charge in [0.25, 0.3) is 0 Å². The van der Waals surface area contributed by atoms with Crippen molar-refractivity contribution in [1.82, 2.24) is 9.80 Å². The lowest BCUT2D eigenvalue weighted by atomic mass is 10.1. The predicted molar refractivity (Wildman–Crippen MR) is 96.4 cm³/mol. The van der Waals surface area contributed by atoms with Crippen molar-refractivity contribution < 1.29 is 9.53 Å². The molecule has 2 fully saturated rings. The van der Waals surface area contributed by atoms with Crippen LogP contribution in [0.3, 0.4) is 0 Å². The summed E-state index contributed by atoms with van der Waals surface area (Å²) in [6.45, 7) is 8.00. The van der Waals surface area contributed by atoms with Gasteiger partial charge in [0.05, 0.1) is 30.5 Å². The predicted octanol–water partition coefficient (Wildman–Crippen LogP) is 1.32. The zero-order chi connectivity index (χ0) is 17.6. The van der Waals surface area contributed by atoms with E-state index in [-0.39, 0.29) is 12.0 Å². The largest absolute Gasteiger partial charge is 0.375 e. The quantitative estimate of drug-likeness (QED) is 0.829. The summed E-state index contributed by atoms with van der Waals surface area (Å²) in [6.07, 6.45) is 1.12. The maximum absolute atomic E-state index is 12.5. The van der Waals surface area contributed by atoms with Gasteiger partial charge in [-0.2, -0.15) is 5.26 Å². The van der Waals surface area contributed by atoms with Crippen molar-refractivity contribution in [3.05, 3.63) is 29.8 Å². The molecule has 25 heavy (non-hydrogen) atoms. The summed E-state index contributed by atoms with van der Waals surface area (Å²) in [6, 6.07) is 10.0. The van der Waals surface area contributed by atoms with Crippen molar-refractivity contribution in [2.45, 2.75) is 19.4 Å². The molecule has 2 aliphatic rings. The van der Waals surface area contributed by atoms with E-state index in [4.69, 9.17) is 4.74 Å². The number of morpholine rings is 1. The highest BCUT2D eigenvalue weighted by atomic mass is 16.5. The summed E-state index contributed by atoms with van der Waals surface area (Å²) in [5.74, 6) is 0.195. The molecule has 0 aliphatic carbocycles. The Morgan fingerprint density at radius 1 is 1.24 bits per heavy atom. The second kappa shape index (κ2) is 8.32. The summed E-state index contributed by atoms with van der Waals surface area (Å²) in [5, 5.41) is 9.31. The van der Waals surface area contributed by atoms with E-state index in [1.165, 1.54) is 0 Å². The number of para-hydroxylation sites is 1. The molecule has 0 spiro atoms. The minimum absolute atomic E-state index is 0.125. The Morgan fingerprint density at radius 3 is 2.88 bits per heavy atom. The first-order chi connectivity index (χ1) is 12.2. The van der Waals surface area contributed by atoms with E-state index in [0.29, 0.717) is 31.8 Å². The number of hydrogen-bond donors (Lipinski definition) is 0. The molecule has 0 N–H and O–H groups in total. The molecule has 2 aliphatic heterocycles. The Labute approximate surface area is 149 Å². The molecule has 2 saturated heterocycles. The molecular formula is C19H26N4O2. The first-order valence-electron chi connectivity index (χ1n) is 9.03. The number of carbonyl (C=O) groups is 1. The summed E-state index contributed by atoms with van der Waals surface area (Å²) < 4.78 is 5.51. The van der Waals surface area contributed by atoms with Crippen molar-refractivity contribution in [3.8, 4) is 6.07 Å². The lowest BCUT2D eigenvalue weighted by Gasteiger charge is -2.32. The third-order valence-corrected chi connectivity index (χ3v) is 4.91.